The van der Waals surface area contributed by atoms with Crippen molar-refractivity contribution >= 4 is 11.9 Å². The SMILES string of the molecule is COc1cccc(OC)c1C(=O)OCC(=O)N(Cc1ccc(F)cc1)C1CCCCC1. The van der Waals surface area contributed by atoms with Crippen LogP contribution in [0.15, 0.2) is 42.5 Å². The first-order valence-electron chi connectivity index (χ1n) is 10.5. The van der Waals surface area contributed by atoms with Gasteiger partial charge in [0.2, 0.25) is 0 Å². The summed E-state index contributed by atoms with van der Waals surface area (Å²) in [7, 11) is 2.90. The summed E-state index contributed by atoms with van der Waals surface area (Å²) in [6.45, 7) is -0.0446. The largest absolute Gasteiger partial charge is 0.496 e. The lowest BCUT2D eigenvalue weighted by Crippen LogP contribution is -2.43. The molecule has 7 heteroatoms. The number of hydrogen-bond donors (Lipinski definition) is 0. The summed E-state index contributed by atoms with van der Waals surface area (Å²) in [5.41, 5.74) is 0.973. The molecule has 1 aliphatic rings. The maximum Gasteiger partial charge on any atom is 0.346 e. The summed E-state index contributed by atoms with van der Waals surface area (Å²) in [4.78, 5) is 27.5. The fourth-order valence-corrected chi connectivity index (χ4v) is 3.93. The van der Waals surface area contributed by atoms with Gasteiger partial charge in [0.25, 0.3) is 5.91 Å². The molecule has 0 spiro atoms. The number of hydrogen-bond acceptors (Lipinski definition) is 5. The van der Waals surface area contributed by atoms with Crippen LogP contribution in [0.5, 0.6) is 11.5 Å². The Labute approximate surface area is 181 Å². The summed E-state index contributed by atoms with van der Waals surface area (Å²) in [5, 5.41) is 0. The van der Waals surface area contributed by atoms with E-state index < -0.39 is 12.6 Å². The molecule has 6 nitrogen and oxygen atoms in total. The lowest BCUT2D eigenvalue weighted by Gasteiger charge is -2.34. The zero-order valence-corrected chi connectivity index (χ0v) is 17.9. The highest BCUT2D eigenvalue weighted by atomic mass is 19.1. The summed E-state index contributed by atoms with van der Waals surface area (Å²) in [6, 6.07) is 11.1. The third kappa shape index (κ3) is 5.75. The van der Waals surface area contributed by atoms with E-state index in [9.17, 15) is 14.0 Å². The van der Waals surface area contributed by atoms with E-state index in [2.05, 4.69) is 0 Å². The second kappa shape index (κ2) is 10.8. The number of nitrogens with zero attached hydrogens (tertiary/aromatic N) is 1. The van der Waals surface area contributed by atoms with Crippen LogP contribution in [0, 0.1) is 5.82 Å². The zero-order valence-electron chi connectivity index (χ0n) is 17.9. The molecule has 0 heterocycles. The molecular formula is C24H28FNO5. The quantitative estimate of drug-likeness (QED) is 0.584. The minimum atomic E-state index is -0.687. The Bertz CT molecular complexity index is 871. The van der Waals surface area contributed by atoms with E-state index in [0.29, 0.717) is 18.0 Å². The molecule has 0 aromatic heterocycles. The van der Waals surface area contributed by atoms with Crippen molar-refractivity contribution in [1.82, 2.24) is 4.90 Å². The fraction of sp³-hybridized carbons (Fsp3) is 0.417. The van der Waals surface area contributed by atoms with Crippen LogP contribution < -0.4 is 9.47 Å². The minimum Gasteiger partial charge on any atom is -0.496 e. The van der Waals surface area contributed by atoms with Crippen LogP contribution in [-0.2, 0) is 16.1 Å². The molecule has 2 aromatic rings. The van der Waals surface area contributed by atoms with Crippen LogP contribution in [0.3, 0.4) is 0 Å². The van der Waals surface area contributed by atoms with E-state index in [0.717, 1.165) is 37.7 Å². The van der Waals surface area contributed by atoms with Gasteiger partial charge in [0.05, 0.1) is 14.2 Å². The van der Waals surface area contributed by atoms with Crippen molar-refractivity contribution in [3.05, 3.63) is 59.4 Å². The molecule has 1 saturated carbocycles. The topological polar surface area (TPSA) is 65.1 Å². The van der Waals surface area contributed by atoms with Crippen molar-refractivity contribution in [3.8, 4) is 11.5 Å². The zero-order chi connectivity index (χ0) is 22.2. The number of carbonyl (C=O) groups is 2. The molecule has 0 aliphatic heterocycles. The molecule has 0 N–H and O–H groups in total. The van der Waals surface area contributed by atoms with Gasteiger partial charge in [-0.1, -0.05) is 37.5 Å². The third-order valence-electron chi connectivity index (χ3n) is 5.56. The van der Waals surface area contributed by atoms with E-state index in [1.165, 1.54) is 26.4 Å². The molecular weight excluding hydrogens is 401 g/mol. The molecule has 1 fully saturated rings. The molecule has 0 bridgehead atoms. The number of rotatable bonds is 8. The van der Waals surface area contributed by atoms with Crippen molar-refractivity contribution in [1.29, 1.82) is 0 Å². The van der Waals surface area contributed by atoms with Crippen molar-refractivity contribution < 1.29 is 28.2 Å². The number of carbonyl (C=O) groups excluding carboxylic acids is 2. The maximum atomic E-state index is 13.3. The third-order valence-corrected chi connectivity index (χ3v) is 5.56. The second-order valence-corrected chi connectivity index (χ2v) is 7.55. The van der Waals surface area contributed by atoms with Crippen LogP contribution in [-0.4, -0.2) is 43.6 Å². The number of esters is 1. The average molecular weight is 429 g/mol. The molecule has 1 amide bonds. The Kier molecular flexibility index (Phi) is 7.87. The molecule has 2 aromatic carbocycles. The lowest BCUT2D eigenvalue weighted by atomic mass is 9.93. The monoisotopic (exact) mass is 429 g/mol. The second-order valence-electron chi connectivity index (χ2n) is 7.55. The predicted octanol–water partition coefficient (Wildman–Crippen LogP) is 4.36. The molecule has 1 aliphatic carbocycles. The van der Waals surface area contributed by atoms with Crippen LogP contribution in [0.2, 0.25) is 0 Å². The highest BCUT2D eigenvalue weighted by Crippen LogP contribution is 2.29. The Morgan fingerprint density at radius 3 is 2.16 bits per heavy atom. The van der Waals surface area contributed by atoms with E-state index in [4.69, 9.17) is 14.2 Å². The van der Waals surface area contributed by atoms with Gasteiger partial charge < -0.3 is 19.1 Å². The van der Waals surface area contributed by atoms with Gasteiger partial charge in [-0.3, -0.25) is 4.79 Å². The first-order valence-corrected chi connectivity index (χ1v) is 10.5. The number of methoxy groups -OCH3 is 2. The molecule has 31 heavy (non-hydrogen) atoms. The van der Waals surface area contributed by atoms with E-state index in [1.54, 1.807) is 35.2 Å². The summed E-state index contributed by atoms with van der Waals surface area (Å²) in [5.74, 6) is -0.662. The normalized spacial score (nSPS) is 14.0. The molecule has 166 valence electrons. The van der Waals surface area contributed by atoms with Gasteiger partial charge in [0.1, 0.15) is 22.9 Å². The van der Waals surface area contributed by atoms with Gasteiger partial charge in [-0.2, -0.15) is 0 Å². The highest BCUT2D eigenvalue weighted by Gasteiger charge is 2.27. The first kappa shape index (κ1) is 22.6. The molecule has 0 saturated heterocycles. The summed E-state index contributed by atoms with van der Waals surface area (Å²) in [6.07, 6.45) is 5.06. The molecule has 0 unspecified atom stereocenters. The first-order chi connectivity index (χ1) is 15.0. The Balaban J connectivity index is 1.72. The van der Waals surface area contributed by atoms with Crippen molar-refractivity contribution in [2.24, 2.45) is 0 Å². The van der Waals surface area contributed by atoms with Crippen LogP contribution in [0.1, 0.15) is 48.0 Å². The Morgan fingerprint density at radius 1 is 0.968 bits per heavy atom. The van der Waals surface area contributed by atoms with E-state index in [-0.39, 0.29) is 23.3 Å². The average Bonchev–Trinajstić information content (AvgIpc) is 2.81. The summed E-state index contributed by atoms with van der Waals surface area (Å²) >= 11 is 0. The number of ether oxygens (including phenoxy) is 3. The number of amides is 1. The van der Waals surface area contributed by atoms with E-state index >= 15 is 0 Å². The Morgan fingerprint density at radius 2 is 1.58 bits per heavy atom. The molecule has 0 radical (unpaired) electrons. The van der Waals surface area contributed by atoms with E-state index in [1.807, 2.05) is 0 Å². The van der Waals surface area contributed by atoms with Crippen molar-refractivity contribution in [2.75, 3.05) is 20.8 Å². The van der Waals surface area contributed by atoms with Crippen LogP contribution in [0.25, 0.3) is 0 Å². The van der Waals surface area contributed by atoms with Crippen molar-refractivity contribution in [2.45, 2.75) is 44.7 Å². The smallest absolute Gasteiger partial charge is 0.346 e. The minimum absolute atomic E-state index is 0.0748. The van der Waals surface area contributed by atoms with Gasteiger partial charge in [0, 0.05) is 12.6 Å². The predicted molar refractivity (Wildman–Crippen MR) is 114 cm³/mol. The van der Waals surface area contributed by atoms with Gasteiger partial charge in [-0.25, -0.2) is 9.18 Å². The standard InChI is InChI=1S/C24H28FNO5/c1-29-20-9-6-10-21(30-2)23(20)24(28)31-16-22(27)26(19-7-4-3-5-8-19)15-17-11-13-18(25)14-12-17/h6,9-14,19H,3-5,7-8,15-16H2,1-2H3. The molecule has 3 rings (SSSR count). The van der Waals surface area contributed by atoms with Crippen molar-refractivity contribution in [3.63, 3.8) is 0 Å². The lowest BCUT2D eigenvalue weighted by molar-refractivity contribution is -0.138. The fourth-order valence-electron chi connectivity index (χ4n) is 3.93. The van der Waals surface area contributed by atoms with Crippen LogP contribution in [0.4, 0.5) is 4.39 Å². The maximum absolute atomic E-state index is 13.3. The number of halogens is 1. The van der Waals surface area contributed by atoms with Crippen LogP contribution >= 0.6 is 0 Å². The van der Waals surface area contributed by atoms with Gasteiger partial charge in [-0.05, 0) is 42.7 Å². The summed E-state index contributed by atoms with van der Waals surface area (Å²) < 4.78 is 29.1. The number of benzene rings is 2. The highest BCUT2D eigenvalue weighted by molar-refractivity contribution is 5.96. The van der Waals surface area contributed by atoms with Gasteiger partial charge >= 0.3 is 5.97 Å². The Hall–Kier alpha value is -3.09. The van der Waals surface area contributed by atoms with Gasteiger partial charge in [-0.15, -0.1) is 0 Å². The van der Waals surface area contributed by atoms with Gasteiger partial charge in [0.15, 0.2) is 6.61 Å². The molecule has 0 atom stereocenters.